The first-order chi connectivity index (χ1) is 12.7. The molecule has 0 bridgehead atoms. The number of amides is 1. The summed E-state index contributed by atoms with van der Waals surface area (Å²) in [5.41, 5.74) is 3.91. The number of aromatic carboxylic acids is 1. The minimum atomic E-state index is -1.02. The second-order valence-electron chi connectivity index (χ2n) is 6.97. The number of carbonyl (C=O) groups excluding carboxylic acids is 1. The van der Waals surface area contributed by atoms with Gasteiger partial charge in [-0.2, -0.15) is 5.10 Å². The van der Waals surface area contributed by atoms with E-state index in [1.807, 2.05) is 27.7 Å². The number of nitrogens with zero attached hydrogens (tertiary/aromatic N) is 3. The molecular formula is C20H22N4O3. The molecule has 0 spiro atoms. The highest BCUT2D eigenvalue weighted by atomic mass is 16.4. The minimum Gasteiger partial charge on any atom is -0.478 e. The molecule has 2 heterocycles. The number of carbonyl (C=O) groups is 2. The van der Waals surface area contributed by atoms with E-state index in [9.17, 15) is 14.7 Å². The molecule has 0 saturated carbocycles. The largest absolute Gasteiger partial charge is 0.478 e. The fourth-order valence-electron chi connectivity index (χ4n) is 3.12. The molecule has 0 atom stereocenters. The summed E-state index contributed by atoms with van der Waals surface area (Å²) in [5.74, 6) is -1.35. The highest BCUT2D eigenvalue weighted by molar-refractivity contribution is 6.12. The molecule has 140 valence electrons. The normalized spacial score (nSPS) is 11.2. The van der Waals surface area contributed by atoms with Gasteiger partial charge in [-0.1, -0.05) is 6.07 Å². The van der Waals surface area contributed by atoms with Gasteiger partial charge in [-0.15, -0.1) is 0 Å². The average molecular weight is 366 g/mol. The topological polar surface area (TPSA) is 97.1 Å². The molecule has 3 rings (SSSR count). The molecule has 0 unspecified atom stereocenters. The van der Waals surface area contributed by atoms with Gasteiger partial charge < -0.3 is 10.4 Å². The molecule has 1 amide bonds. The molecule has 0 aliphatic heterocycles. The van der Waals surface area contributed by atoms with Crippen LogP contribution in [0.15, 0.2) is 24.4 Å². The van der Waals surface area contributed by atoms with E-state index in [0.29, 0.717) is 33.5 Å². The van der Waals surface area contributed by atoms with Crippen LogP contribution in [0.5, 0.6) is 0 Å². The maximum absolute atomic E-state index is 13.0. The van der Waals surface area contributed by atoms with Crippen molar-refractivity contribution in [3.05, 3.63) is 52.3 Å². The maximum atomic E-state index is 13.0. The van der Waals surface area contributed by atoms with Gasteiger partial charge in [-0.25, -0.2) is 14.5 Å². The molecule has 0 saturated heterocycles. The van der Waals surface area contributed by atoms with Crippen LogP contribution in [-0.4, -0.2) is 31.7 Å². The van der Waals surface area contributed by atoms with Crippen LogP contribution in [0.1, 0.15) is 57.4 Å². The van der Waals surface area contributed by atoms with E-state index in [4.69, 9.17) is 0 Å². The van der Waals surface area contributed by atoms with Gasteiger partial charge >= 0.3 is 5.97 Å². The molecule has 0 fully saturated rings. The minimum absolute atomic E-state index is 0.116. The van der Waals surface area contributed by atoms with Crippen molar-refractivity contribution in [3.8, 4) is 0 Å². The SMILES string of the molecule is Cc1cc(C(=O)Nc2cc(C(=O)O)c(C)cc2C)c2cnn(C(C)C)c2n1. The lowest BCUT2D eigenvalue weighted by Gasteiger charge is -2.13. The van der Waals surface area contributed by atoms with Crippen LogP contribution in [-0.2, 0) is 0 Å². The third kappa shape index (κ3) is 3.40. The highest BCUT2D eigenvalue weighted by Gasteiger charge is 2.18. The predicted molar refractivity (Wildman–Crippen MR) is 103 cm³/mol. The number of benzene rings is 1. The number of rotatable bonds is 4. The Morgan fingerprint density at radius 3 is 2.41 bits per heavy atom. The first-order valence-electron chi connectivity index (χ1n) is 8.69. The second-order valence-corrected chi connectivity index (χ2v) is 6.97. The zero-order valence-electron chi connectivity index (χ0n) is 16.0. The van der Waals surface area contributed by atoms with Crippen LogP contribution in [0, 0.1) is 20.8 Å². The number of anilines is 1. The Morgan fingerprint density at radius 1 is 1.07 bits per heavy atom. The Kier molecular flexibility index (Phi) is 4.70. The van der Waals surface area contributed by atoms with E-state index in [0.717, 1.165) is 5.56 Å². The number of carboxylic acids is 1. The fraction of sp³-hybridized carbons (Fsp3) is 0.300. The van der Waals surface area contributed by atoms with E-state index < -0.39 is 5.97 Å². The van der Waals surface area contributed by atoms with Gasteiger partial charge in [-0.05, 0) is 57.9 Å². The Morgan fingerprint density at radius 2 is 1.78 bits per heavy atom. The molecular weight excluding hydrogens is 344 g/mol. The summed E-state index contributed by atoms with van der Waals surface area (Å²) in [4.78, 5) is 28.9. The van der Waals surface area contributed by atoms with Gasteiger partial charge in [0, 0.05) is 17.4 Å². The molecule has 2 aromatic heterocycles. The summed E-state index contributed by atoms with van der Waals surface area (Å²) in [6.07, 6.45) is 1.64. The number of hydrogen-bond acceptors (Lipinski definition) is 4. The van der Waals surface area contributed by atoms with Crippen LogP contribution < -0.4 is 5.32 Å². The number of hydrogen-bond donors (Lipinski definition) is 2. The van der Waals surface area contributed by atoms with Gasteiger partial charge in [0.2, 0.25) is 0 Å². The molecule has 27 heavy (non-hydrogen) atoms. The molecule has 7 heteroatoms. The van der Waals surface area contributed by atoms with Crippen molar-refractivity contribution < 1.29 is 14.7 Å². The number of nitrogens with one attached hydrogen (secondary N) is 1. The Hall–Kier alpha value is -3.22. The summed E-state index contributed by atoms with van der Waals surface area (Å²) in [5, 5.41) is 17.2. The zero-order valence-corrected chi connectivity index (χ0v) is 16.0. The number of carboxylic acid groups (broad SMARTS) is 1. The third-order valence-corrected chi connectivity index (χ3v) is 4.48. The van der Waals surface area contributed by atoms with Crippen molar-refractivity contribution in [1.29, 1.82) is 0 Å². The summed E-state index contributed by atoms with van der Waals surface area (Å²) >= 11 is 0. The van der Waals surface area contributed by atoms with Gasteiger partial charge in [0.25, 0.3) is 5.91 Å². The summed E-state index contributed by atoms with van der Waals surface area (Å²) < 4.78 is 1.78. The van der Waals surface area contributed by atoms with E-state index in [1.54, 1.807) is 29.9 Å². The fourth-order valence-corrected chi connectivity index (χ4v) is 3.12. The van der Waals surface area contributed by atoms with Crippen molar-refractivity contribution in [2.45, 2.75) is 40.7 Å². The summed E-state index contributed by atoms with van der Waals surface area (Å²) in [7, 11) is 0. The molecule has 7 nitrogen and oxygen atoms in total. The summed E-state index contributed by atoms with van der Waals surface area (Å²) in [6, 6.07) is 5.08. The number of pyridine rings is 1. The van der Waals surface area contributed by atoms with Crippen molar-refractivity contribution in [1.82, 2.24) is 14.8 Å². The van der Waals surface area contributed by atoms with Crippen LogP contribution in [0.25, 0.3) is 11.0 Å². The molecule has 1 aromatic carbocycles. The molecule has 3 aromatic rings. The van der Waals surface area contributed by atoms with Crippen molar-refractivity contribution in [2.24, 2.45) is 0 Å². The second kappa shape index (κ2) is 6.83. The van der Waals surface area contributed by atoms with E-state index in [-0.39, 0.29) is 17.5 Å². The average Bonchev–Trinajstić information content (AvgIpc) is 2.99. The Balaban J connectivity index is 2.05. The molecule has 2 N–H and O–H groups in total. The predicted octanol–water partition coefficient (Wildman–Crippen LogP) is 3.89. The van der Waals surface area contributed by atoms with Crippen LogP contribution in [0.3, 0.4) is 0 Å². The number of aromatic nitrogens is 3. The van der Waals surface area contributed by atoms with Crippen molar-refractivity contribution in [2.75, 3.05) is 5.32 Å². The third-order valence-electron chi connectivity index (χ3n) is 4.48. The van der Waals surface area contributed by atoms with Crippen LogP contribution in [0.2, 0.25) is 0 Å². The quantitative estimate of drug-likeness (QED) is 0.730. The smallest absolute Gasteiger partial charge is 0.336 e. The molecule has 0 aliphatic rings. The Bertz CT molecular complexity index is 1070. The van der Waals surface area contributed by atoms with Crippen LogP contribution >= 0.6 is 0 Å². The first-order valence-corrected chi connectivity index (χ1v) is 8.69. The molecule has 0 aliphatic carbocycles. The number of fused-ring (bicyclic) bond motifs is 1. The van der Waals surface area contributed by atoms with Crippen molar-refractivity contribution >= 4 is 28.6 Å². The Labute approximate surface area is 157 Å². The van der Waals surface area contributed by atoms with Gasteiger partial charge in [-0.3, -0.25) is 4.79 Å². The first kappa shape index (κ1) is 18.6. The summed E-state index contributed by atoms with van der Waals surface area (Å²) in [6.45, 7) is 9.39. The van der Waals surface area contributed by atoms with E-state index in [2.05, 4.69) is 15.4 Å². The van der Waals surface area contributed by atoms with Gasteiger partial charge in [0.1, 0.15) is 0 Å². The van der Waals surface area contributed by atoms with Crippen molar-refractivity contribution in [3.63, 3.8) is 0 Å². The zero-order chi connectivity index (χ0) is 19.9. The van der Waals surface area contributed by atoms with Crippen LogP contribution in [0.4, 0.5) is 5.69 Å². The molecule has 0 radical (unpaired) electrons. The van der Waals surface area contributed by atoms with Gasteiger partial charge in [0.15, 0.2) is 5.65 Å². The van der Waals surface area contributed by atoms with E-state index in [1.165, 1.54) is 6.07 Å². The van der Waals surface area contributed by atoms with E-state index >= 15 is 0 Å². The number of aryl methyl sites for hydroxylation is 3. The standard InChI is InChI=1S/C20H22N4O3/c1-10(2)24-18-16(9-21-24)15(7-13(5)22-18)19(25)23-17-8-14(20(26)27)11(3)6-12(17)4/h6-10H,1-5H3,(H,23,25)(H,26,27). The van der Waals surface area contributed by atoms with Gasteiger partial charge in [0.05, 0.1) is 22.7 Å². The highest BCUT2D eigenvalue weighted by Crippen LogP contribution is 2.25. The lowest BCUT2D eigenvalue weighted by Crippen LogP contribution is -2.15. The maximum Gasteiger partial charge on any atom is 0.336 e. The monoisotopic (exact) mass is 366 g/mol. The lowest BCUT2D eigenvalue weighted by atomic mass is 10.0. The lowest BCUT2D eigenvalue weighted by molar-refractivity contribution is 0.0695.